The Morgan fingerprint density at radius 3 is 2.70 bits per heavy atom. The van der Waals surface area contributed by atoms with Gasteiger partial charge in [0.25, 0.3) is 0 Å². The van der Waals surface area contributed by atoms with Gasteiger partial charge in [0.05, 0.1) is 13.7 Å². The molecule has 1 aliphatic rings. The molecule has 0 spiro atoms. The van der Waals surface area contributed by atoms with E-state index in [1.54, 1.807) is 13.2 Å². The number of ether oxygens (including phenoxy) is 2. The van der Waals surface area contributed by atoms with Gasteiger partial charge in [-0.3, -0.25) is 4.90 Å². The number of nitrogens with zero attached hydrogens (tertiary/aromatic N) is 1. The van der Waals surface area contributed by atoms with E-state index in [0.717, 1.165) is 18.7 Å². The number of halogens is 1. The maximum absolute atomic E-state index is 13.7. The molecule has 1 unspecified atom stereocenters. The van der Waals surface area contributed by atoms with Crippen molar-refractivity contribution in [2.24, 2.45) is 5.73 Å². The third kappa shape index (κ3) is 3.91. The molecule has 20 heavy (non-hydrogen) atoms. The van der Waals surface area contributed by atoms with Gasteiger partial charge in [0.1, 0.15) is 0 Å². The predicted octanol–water partition coefficient (Wildman–Crippen LogP) is 1.94. The summed E-state index contributed by atoms with van der Waals surface area (Å²) in [5, 5.41) is 0. The smallest absolute Gasteiger partial charge is 0.165 e. The second-order valence-corrected chi connectivity index (χ2v) is 5.22. The van der Waals surface area contributed by atoms with E-state index in [0.29, 0.717) is 12.6 Å². The van der Waals surface area contributed by atoms with E-state index in [1.165, 1.54) is 26.0 Å². The predicted molar refractivity (Wildman–Crippen MR) is 76.4 cm³/mol. The summed E-state index contributed by atoms with van der Waals surface area (Å²) in [5.41, 5.74) is 7.00. The van der Waals surface area contributed by atoms with Crippen LogP contribution in [0.5, 0.6) is 5.75 Å². The minimum absolute atomic E-state index is 0.201. The summed E-state index contributed by atoms with van der Waals surface area (Å²) in [7, 11) is 3.15. The maximum atomic E-state index is 13.7. The highest BCUT2D eigenvalue weighted by atomic mass is 19.1. The zero-order chi connectivity index (χ0) is 14.5. The maximum Gasteiger partial charge on any atom is 0.165 e. The van der Waals surface area contributed by atoms with Crippen LogP contribution >= 0.6 is 0 Å². The lowest BCUT2D eigenvalue weighted by molar-refractivity contribution is 0.139. The summed E-state index contributed by atoms with van der Waals surface area (Å²) in [6, 6.07) is 5.33. The van der Waals surface area contributed by atoms with Crippen LogP contribution < -0.4 is 10.5 Å². The first kappa shape index (κ1) is 15.2. The van der Waals surface area contributed by atoms with Crippen LogP contribution in [0.25, 0.3) is 0 Å². The molecule has 5 heteroatoms. The molecule has 0 amide bonds. The normalized spacial score (nSPS) is 16.4. The van der Waals surface area contributed by atoms with Crippen LogP contribution in [0.2, 0.25) is 0 Å². The molecule has 0 heterocycles. The first-order valence-electron chi connectivity index (χ1n) is 6.97. The van der Waals surface area contributed by atoms with Crippen LogP contribution in [-0.2, 0) is 4.74 Å². The number of hydrogen-bond acceptors (Lipinski definition) is 4. The molecule has 0 saturated heterocycles. The van der Waals surface area contributed by atoms with Crippen molar-refractivity contribution >= 4 is 0 Å². The molecule has 2 rings (SSSR count). The van der Waals surface area contributed by atoms with E-state index in [1.807, 2.05) is 6.07 Å². The standard InChI is InChI=1S/C15H23FN2O2/c1-19-8-7-18(12-4-5-12)10-14(17)11-3-6-15(20-2)13(16)9-11/h3,6,9,12,14H,4-5,7-8,10,17H2,1-2H3. The number of rotatable bonds is 8. The van der Waals surface area contributed by atoms with Gasteiger partial charge in [-0.05, 0) is 30.5 Å². The molecule has 2 N–H and O–H groups in total. The molecule has 1 atom stereocenters. The quantitative estimate of drug-likeness (QED) is 0.791. The van der Waals surface area contributed by atoms with Gasteiger partial charge in [0, 0.05) is 32.3 Å². The van der Waals surface area contributed by atoms with Crippen molar-refractivity contribution in [2.45, 2.75) is 24.9 Å². The van der Waals surface area contributed by atoms with Gasteiger partial charge in [-0.1, -0.05) is 6.07 Å². The van der Waals surface area contributed by atoms with E-state index >= 15 is 0 Å². The van der Waals surface area contributed by atoms with Crippen LogP contribution in [0.15, 0.2) is 18.2 Å². The largest absolute Gasteiger partial charge is 0.494 e. The molecule has 1 saturated carbocycles. The van der Waals surface area contributed by atoms with Crippen LogP contribution in [0, 0.1) is 5.82 Å². The lowest BCUT2D eigenvalue weighted by Gasteiger charge is -2.25. The average molecular weight is 282 g/mol. The summed E-state index contributed by atoms with van der Waals surface area (Å²) < 4.78 is 23.8. The van der Waals surface area contributed by atoms with Crippen molar-refractivity contribution in [3.8, 4) is 5.75 Å². The van der Waals surface area contributed by atoms with Crippen LogP contribution in [0.4, 0.5) is 4.39 Å². The molecule has 0 aromatic heterocycles. The zero-order valence-electron chi connectivity index (χ0n) is 12.1. The fraction of sp³-hybridized carbons (Fsp3) is 0.600. The Labute approximate surface area is 119 Å². The molecule has 0 bridgehead atoms. The van der Waals surface area contributed by atoms with Gasteiger partial charge in [0.2, 0.25) is 0 Å². The minimum atomic E-state index is -0.365. The molecule has 1 fully saturated rings. The molecule has 1 aromatic carbocycles. The summed E-state index contributed by atoms with van der Waals surface area (Å²) in [6.45, 7) is 2.29. The fourth-order valence-electron chi connectivity index (χ4n) is 2.34. The van der Waals surface area contributed by atoms with Crippen molar-refractivity contribution in [3.63, 3.8) is 0 Å². The Kier molecular flexibility index (Phi) is 5.34. The molecule has 1 aliphatic carbocycles. The first-order chi connectivity index (χ1) is 9.65. The van der Waals surface area contributed by atoms with Gasteiger partial charge in [-0.15, -0.1) is 0 Å². The van der Waals surface area contributed by atoms with Gasteiger partial charge in [-0.25, -0.2) is 4.39 Å². The average Bonchev–Trinajstić information content (AvgIpc) is 3.27. The highest BCUT2D eigenvalue weighted by Crippen LogP contribution is 2.28. The summed E-state index contributed by atoms with van der Waals surface area (Å²) in [6.07, 6.45) is 2.43. The van der Waals surface area contributed by atoms with Crippen molar-refractivity contribution in [1.82, 2.24) is 4.90 Å². The number of methoxy groups -OCH3 is 2. The van der Waals surface area contributed by atoms with Crippen LogP contribution in [0.1, 0.15) is 24.4 Å². The summed E-state index contributed by atoms with van der Waals surface area (Å²) >= 11 is 0. The minimum Gasteiger partial charge on any atom is -0.494 e. The second-order valence-electron chi connectivity index (χ2n) is 5.22. The molecular weight excluding hydrogens is 259 g/mol. The van der Waals surface area contributed by atoms with Crippen molar-refractivity contribution in [2.75, 3.05) is 33.9 Å². The molecule has 0 radical (unpaired) electrons. The molecular formula is C15H23FN2O2. The Hall–Kier alpha value is -1.17. The third-order valence-electron chi connectivity index (χ3n) is 3.68. The highest BCUT2D eigenvalue weighted by molar-refractivity contribution is 5.31. The zero-order valence-corrected chi connectivity index (χ0v) is 12.1. The van der Waals surface area contributed by atoms with E-state index in [2.05, 4.69) is 4.90 Å². The fourth-order valence-corrected chi connectivity index (χ4v) is 2.34. The molecule has 4 nitrogen and oxygen atoms in total. The number of benzene rings is 1. The highest BCUT2D eigenvalue weighted by Gasteiger charge is 2.29. The molecule has 112 valence electrons. The van der Waals surface area contributed by atoms with Crippen LogP contribution in [-0.4, -0.2) is 44.9 Å². The van der Waals surface area contributed by atoms with Crippen molar-refractivity contribution in [3.05, 3.63) is 29.6 Å². The Bertz CT molecular complexity index is 438. The third-order valence-corrected chi connectivity index (χ3v) is 3.68. The number of nitrogens with two attached hydrogens (primary N) is 1. The van der Waals surface area contributed by atoms with Gasteiger partial charge in [0.15, 0.2) is 11.6 Å². The Morgan fingerprint density at radius 2 is 2.15 bits per heavy atom. The first-order valence-corrected chi connectivity index (χ1v) is 6.97. The number of hydrogen-bond donors (Lipinski definition) is 1. The lowest BCUT2D eigenvalue weighted by atomic mass is 10.1. The summed E-state index contributed by atoms with van der Waals surface area (Å²) in [5.74, 6) is -0.116. The van der Waals surface area contributed by atoms with Crippen molar-refractivity contribution in [1.29, 1.82) is 0 Å². The second kappa shape index (κ2) is 7.02. The van der Waals surface area contributed by atoms with Gasteiger partial charge < -0.3 is 15.2 Å². The SMILES string of the molecule is COCCN(CC(N)c1ccc(OC)c(F)c1)C1CC1. The molecule has 0 aliphatic heterocycles. The van der Waals surface area contributed by atoms with E-state index in [9.17, 15) is 4.39 Å². The van der Waals surface area contributed by atoms with E-state index in [4.69, 9.17) is 15.2 Å². The molecule has 1 aromatic rings. The van der Waals surface area contributed by atoms with E-state index in [-0.39, 0.29) is 17.6 Å². The topological polar surface area (TPSA) is 47.7 Å². The van der Waals surface area contributed by atoms with Gasteiger partial charge in [-0.2, -0.15) is 0 Å². The Balaban J connectivity index is 1.98. The monoisotopic (exact) mass is 282 g/mol. The van der Waals surface area contributed by atoms with Gasteiger partial charge >= 0.3 is 0 Å². The Morgan fingerprint density at radius 1 is 1.40 bits per heavy atom. The van der Waals surface area contributed by atoms with Crippen LogP contribution in [0.3, 0.4) is 0 Å². The van der Waals surface area contributed by atoms with Crippen molar-refractivity contribution < 1.29 is 13.9 Å². The van der Waals surface area contributed by atoms with E-state index < -0.39 is 0 Å². The lowest BCUT2D eigenvalue weighted by Crippen LogP contribution is -2.36. The summed E-state index contributed by atoms with van der Waals surface area (Å²) in [4.78, 5) is 2.33.